The summed E-state index contributed by atoms with van der Waals surface area (Å²) in [4.78, 5) is 0. The molecule has 0 radical (unpaired) electrons. The second-order valence-corrected chi connectivity index (χ2v) is 7.10. The number of aromatic nitrogens is 1. The molecule has 1 aromatic heterocycles. The molecule has 0 aliphatic rings. The van der Waals surface area contributed by atoms with E-state index < -0.39 is 0 Å². The Morgan fingerprint density at radius 1 is 1.04 bits per heavy atom. The maximum absolute atomic E-state index is 5.34. The number of hydrogen-bond donors (Lipinski definition) is 2. The Kier molecular flexibility index (Phi) is 6.04. The molecule has 0 saturated carbocycles. The molecule has 0 saturated heterocycles. The molecule has 0 atom stereocenters. The average molecular weight is 377 g/mol. The van der Waals surface area contributed by atoms with Gasteiger partial charge in [-0.15, -0.1) is 0 Å². The van der Waals surface area contributed by atoms with Gasteiger partial charge in [0.2, 0.25) is 0 Å². The zero-order valence-corrected chi connectivity index (χ0v) is 16.7. The molecule has 0 aliphatic carbocycles. The maximum Gasteiger partial charge on any atom is 0.191 e. The van der Waals surface area contributed by atoms with Gasteiger partial charge < -0.3 is 9.88 Å². The summed E-state index contributed by atoms with van der Waals surface area (Å²) < 4.78 is 2.15. The Labute approximate surface area is 165 Å². The first-order valence-corrected chi connectivity index (χ1v) is 9.30. The summed E-state index contributed by atoms with van der Waals surface area (Å²) in [5.41, 5.74) is 9.74. The highest BCUT2D eigenvalue weighted by Crippen LogP contribution is 2.16. The third-order valence-electron chi connectivity index (χ3n) is 4.34. The van der Waals surface area contributed by atoms with Crippen LogP contribution in [0.3, 0.4) is 0 Å². The molecule has 27 heavy (non-hydrogen) atoms. The number of anilines is 1. The highest BCUT2D eigenvalue weighted by molar-refractivity contribution is 7.80. The number of nitrogens with zero attached hydrogens (tertiary/aromatic N) is 2. The van der Waals surface area contributed by atoms with Crippen molar-refractivity contribution >= 4 is 29.2 Å². The van der Waals surface area contributed by atoms with Gasteiger partial charge in [0, 0.05) is 18.4 Å². The third-order valence-corrected chi connectivity index (χ3v) is 4.54. The summed E-state index contributed by atoms with van der Waals surface area (Å²) in [5.74, 6) is 0. The van der Waals surface area contributed by atoms with Gasteiger partial charge in [0.15, 0.2) is 5.11 Å². The first-order valence-electron chi connectivity index (χ1n) is 8.89. The first kappa shape index (κ1) is 18.9. The van der Waals surface area contributed by atoms with Crippen LogP contribution in [0, 0.1) is 20.8 Å². The molecular formula is C22H24N4S. The lowest BCUT2D eigenvalue weighted by atomic mass is 10.1. The van der Waals surface area contributed by atoms with E-state index in [0.717, 1.165) is 23.5 Å². The van der Waals surface area contributed by atoms with Crippen LogP contribution in [0.2, 0.25) is 0 Å². The Morgan fingerprint density at radius 3 is 2.56 bits per heavy atom. The van der Waals surface area contributed by atoms with E-state index in [-0.39, 0.29) is 0 Å². The van der Waals surface area contributed by atoms with Crippen LogP contribution in [0.15, 0.2) is 65.9 Å². The number of aryl methyl sites for hydroxylation is 3. The van der Waals surface area contributed by atoms with Crippen LogP contribution >= 0.6 is 12.2 Å². The molecule has 138 valence electrons. The monoisotopic (exact) mass is 376 g/mol. The number of rotatable bonds is 5. The first-order chi connectivity index (χ1) is 13.0. The maximum atomic E-state index is 5.34. The predicted octanol–water partition coefficient (Wildman–Crippen LogP) is 4.78. The summed E-state index contributed by atoms with van der Waals surface area (Å²) in [6.07, 6.45) is 3.83. The predicted molar refractivity (Wildman–Crippen MR) is 118 cm³/mol. The van der Waals surface area contributed by atoms with E-state index in [4.69, 9.17) is 12.2 Å². The fourth-order valence-electron chi connectivity index (χ4n) is 2.76. The van der Waals surface area contributed by atoms with Crippen LogP contribution in [0.1, 0.15) is 27.9 Å². The van der Waals surface area contributed by atoms with E-state index in [1.165, 1.54) is 16.7 Å². The number of hydrogen-bond acceptors (Lipinski definition) is 2. The lowest BCUT2D eigenvalue weighted by molar-refractivity contribution is 0.798. The van der Waals surface area contributed by atoms with Crippen molar-refractivity contribution in [1.82, 2.24) is 9.99 Å². The normalized spacial score (nSPS) is 10.9. The Balaban J connectivity index is 1.60. The minimum Gasteiger partial charge on any atom is -0.342 e. The molecule has 0 fully saturated rings. The minimum absolute atomic E-state index is 0.469. The van der Waals surface area contributed by atoms with Crippen molar-refractivity contribution < 1.29 is 0 Å². The van der Waals surface area contributed by atoms with Gasteiger partial charge in [-0.2, -0.15) is 5.10 Å². The van der Waals surface area contributed by atoms with Crippen molar-refractivity contribution in [3.8, 4) is 0 Å². The molecule has 5 heteroatoms. The molecule has 0 spiro atoms. The van der Waals surface area contributed by atoms with Crippen LogP contribution in [-0.4, -0.2) is 15.9 Å². The lowest BCUT2D eigenvalue weighted by Crippen LogP contribution is -2.24. The Hall–Kier alpha value is -2.92. The molecular weight excluding hydrogens is 352 g/mol. The number of benzene rings is 2. The van der Waals surface area contributed by atoms with Crippen molar-refractivity contribution in [2.75, 3.05) is 5.32 Å². The van der Waals surface area contributed by atoms with Crippen LogP contribution in [0.25, 0.3) is 0 Å². The Morgan fingerprint density at radius 2 is 1.78 bits per heavy atom. The number of hydrazone groups is 1. The summed E-state index contributed by atoms with van der Waals surface area (Å²) in [5, 5.41) is 7.94. The third kappa shape index (κ3) is 5.28. The summed E-state index contributed by atoms with van der Waals surface area (Å²) in [6, 6.07) is 18.8. The average Bonchev–Trinajstić information content (AvgIpc) is 3.07. The number of thiocarbonyl (C=S) groups is 1. The summed E-state index contributed by atoms with van der Waals surface area (Å²) >= 11 is 5.34. The van der Waals surface area contributed by atoms with Crippen molar-refractivity contribution in [2.24, 2.45) is 5.10 Å². The zero-order valence-electron chi connectivity index (χ0n) is 15.9. The van der Waals surface area contributed by atoms with E-state index >= 15 is 0 Å². The van der Waals surface area contributed by atoms with Crippen molar-refractivity contribution in [3.05, 3.63) is 88.7 Å². The van der Waals surface area contributed by atoms with E-state index in [0.29, 0.717) is 5.11 Å². The topological polar surface area (TPSA) is 41.4 Å². The van der Waals surface area contributed by atoms with E-state index in [9.17, 15) is 0 Å². The highest BCUT2D eigenvalue weighted by atomic mass is 32.1. The van der Waals surface area contributed by atoms with Gasteiger partial charge in [0.05, 0.1) is 11.9 Å². The summed E-state index contributed by atoms with van der Waals surface area (Å²) in [6.45, 7) is 7.01. The largest absolute Gasteiger partial charge is 0.342 e. The molecule has 2 N–H and O–H groups in total. The molecule has 1 heterocycles. The lowest BCUT2D eigenvalue weighted by Gasteiger charge is -2.11. The van der Waals surface area contributed by atoms with Crippen molar-refractivity contribution in [2.45, 2.75) is 27.3 Å². The smallest absolute Gasteiger partial charge is 0.191 e. The quantitative estimate of drug-likeness (QED) is 0.382. The molecule has 0 unspecified atom stereocenters. The molecule has 0 aliphatic heterocycles. The van der Waals surface area contributed by atoms with Gasteiger partial charge in [0.1, 0.15) is 0 Å². The molecule has 3 aromatic rings. The second kappa shape index (κ2) is 8.64. The number of nitrogens with one attached hydrogen (secondary N) is 2. The van der Waals surface area contributed by atoms with Gasteiger partial charge in [-0.3, -0.25) is 5.43 Å². The van der Waals surface area contributed by atoms with Gasteiger partial charge in [0.25, 0.3) is 0 Å². The van der Waals surface area contributed by atoms with E-state index in [1.807, 2.05) is 25.3 Å². The second-order valence-electron chi connectivity index (χ2n) is 6.69. The molecule has 3 rings (SSSR count). The van der Waals surface area contributed by atoms with Gasteiger partial charge in [-0.1, -0.05) is 42.0 Å². The Bertz CT molecular complexity index is 955. The van der Waals surface area contributed by atoms with Crippen LogP contribution < -0.4 is 10.7 Å². The van der Waals surface area contributed by atoms with Gasteiger partial charge in [-0.05, 0) is 67.9 Å². The molecule has 2 aromatic carbocycles. The summed E-state index contributed by atoms with van der Waals surface area (Å²) in [7, 11) is 0. The fourth-order valence-corrected chi connectivity index (χ4v) is 2.92. The van der Waals surface area contributed by atoms with Crippen molar-refractivity contribution in [3.63, 3.8) is 0 Å². The molecule has 0 amide bonds. The van der Waals surface area contributed by atoms with Crippen LogP contribution in [0.4, 0.5) is 5.69 Å². The van der Waals surface area contributed by atoms with Gasteiger partial charge in [-0.25, -0.2) is 0 Å². The van der Waals surface area contributed by atoms with Gasteiger partial charge >= 0.3 is 0 Å². The van der Waals surface area contributed by atoms with Crippen LogP contribution in [-0.2, 0) is 6.54 Å². The highest BCUT2D eigenvalue weighted by Gasteiger charge is 2.02. The standard InChI is InChI=1S/C22H24N4S/c1-16-7-10-19(11-8-16)15-26-12-4-5-20(26)14-23-25-22(27)24-21-13-17(2)6-9-18(21)3/h4-14H,15H2,1-3H3,(H2,24,25,27)/b23-14-. The van der Waals surface area contributed by atoms with E-state index in [2.05, 4.69) is 76.7 Å². The van der Waals surface area contributed by atoms with Crippen molar-refractivity contribution in [1.29, 1.82) is 0 Å². The fraction of sp³-hybridized carbons (Fsp3) is 0.182. The molecule has 4 nitrogen and oxygen atoms in total. The molecule has 0 bridgehead atoms. The minimum atomic E-state index is 0.469. The van der Waals surface area contributed by atoms with E-state index in [1.54, 1.807) is 6.21 Å². The zero-order chi connectivity index (χ0) is 19.2. The SMILES string of the molecule is Cc1ccc(Cn2cccc2/C=N\NC(=S)Nc2cc(C)ccc2C)cc1. The van der Waals surface area contributed by atoms with Crippen LogP contribution in [0.5, 0.6) is 0 Å².